The van der Waals surface area contributed by atoms with E-state index in [2.05, 4.69) is 16.0 Å². The first-order chi connectivity index (χ1) is 8.17. The van der Waals surface area contributed by atoms with Gasteiger partial charge in [-0.15, -0.1) is 0 Å². The van der Waals surface area contributed by atoms with E-state index in [1.807, 2.05) is 26.0 Å². The van der Waals surface area contributed by atoms with E-state index in [9.17, 15) is 0 Å². The number of nitrogens with one attached hydrogen (secondary N) is 1. The summed E-state index contributed by atoms with van der Waals surface area (Å²) in [5.74, 6) is 0.851. The van der Waals surface area contributed by atoms with Gasteiger partial charge in [0.2, 0.25) is 0 Å². The van der Waals surface area contributed by atoms with Crippen LogP contribution in [0.5, 0.6) is 5.75 Å². The van der Waals surface area contributed by atoms with E-state index >= 15 is 0 Å². The van der Waals surface area contributed by atoms with Gasteiger partial charge in [0.05, 0.1) is 19.1 Å². The number of imidazole rings is 1. The summed E-state index contributed by atoms with van der Waals surface area (Å²) in [5.41, 5.74) is 4.24. The molecular formula is C13H13N3O. The first-order valence-electron chi connectivity index (χ1n) is 5.26. The molecular weight excluding hydrogens is 214 g/mol. The van der Waals surface area contributed by atoms with Crippen LogP contribution in [-0.4, -0.2) is 17.1 Å². The van der Waals surface area contributed by atoms with E-state index in [4.69, 9.17) is 10.00 Å². The van der Waals surface area contributed by atoms with E-state index < -0.39 is 0 Å². The first-order valence-corrected chi connectivity index (χ1v) is 5.26. The van der Waals surface area contributed by atoms with Gasteiger partial charge in [0.25, 0.3) is 0 Å². The molecule has 1 aromatic carbocycles. The third kappa shape index (κ3) is 1.87. The molecule has 0 saturated carbocycles. The number of ether oxygens (including phenoxy) is 1. The number of nitriles is 1. The largest absolute Gasteiger partial charge is 0.496 e. The molecule has 0 aliphatic rings. The number of hydrogen-bond donors (Lipinski definition) is 1. The van der Waals surface area contributed by atoms with Crippen molar-refractivity contribution in [1.82, 2.24) is 9.97 Å². The molecule has 0 fully saturated rings. The molecule has 1 N–H and O–H groups in total. The van der Waals surface area contributed by atoms with Crippen LogP contribution in [0.15, 0.2) is 18.5 Å². The minimum atomic E-state index is 0.415. The molecule has 0 saturated heterocycles. The molecule has 0 radical (unpaired) electrons. The normalized spacial score (nSPS) is 10.0. The molecule has 0 atom stereocenters. The second-order valence-electron chi connectivity index (χ2n) is 3.87. The Balaban J connectivity index is 2.62. The average molecular weight is 227 g/mol. The van der Waals surface area contributed by atoms with Crippen molar-refractivity contribution in [3.05, 3.63) is 35.3 Å². The van der Waals surface area contributed by atoms with Crippen molar-refractivity contribution >= 4 is 0 Å². The van der Waals surface area contributed by atoms with E-state index in [-0.39, 0.29) is 0 Å². The number of benzene rings is 1. The number of methoxy groups -OCH3 is 1. The molecule has 1 heterocycles. The van der Waals surface area contributed by atoms with Gasteiger partial charge in [0.1, 0.15) is 11.8 Å². The third-order valence-electron chi connectivity index (χ3n) is 2.76. The van der Waals surface area contributed by atoms with E-state index in [0.717, 1.165) is 28.1 Å². The molecule has 0 spiro atoms. The topological polar surface area (TPSA) is 61.7 Å². The Morgan fingerprint density at radius 2 is 2.06 bits per heavy atom. The summed E-state index contributed by atoms with van der Waals surface area (Å²) in [7, 11) is 1.65. The highest BCUT2D eigenvalue weighted by molar-refractivity contribution is 5.70. The summed E-state index contributed by atoms with van der Waals surface area (Å²) in [4.78, 5) is 6.98. The zero-order chi connectivity index (χ0) is 12.4. The second-order valence-corrected chi connectivity index (χ2v) is 3.87. The Kier molecular flexibility index (Phi) is 2.84. The minimum absolute atomic E-state index is 0.415. The maximum atomic E-state index is 8.97. The van der Waals surface area contributed by atoms with Gasteiger partial charge in [-0.05, 0) is 37.1 Å². The van der Waals surface area contributed by atoms with Gasteiger partial charge in [-0.1, -0.05) is 0 Å². The van der Waals surface area contributed by atoms with Crippen molar-refractivity contribution in [1.29, 1.82) is 5.26 Å². The lowest BCUT2D eigenvalue weighted by atomic mass is 10.0. The first kappa shape index (κ1) is 11.2. The number of nitrogens with zero attached hydrogens (tertiary/aromatic N) is 2. The lowest BCUT2D eigenvalue weighted by Crippen LogP contribution is -1.92. The van der Waals surface area contributed by atoms with Crippen LogP contribution in [0.25, 0.3) is 11.3 Å². The van der Waals surface area contributed by atoms with Crippen molar-refractivity contribution in [2.45, 2.75) is 13.8 Å². The smallest absolute Gasteiger partial charge is 0.166 e. The molecule has 86 valence electrons. The van der Waals surface area contributed by atoms with E-state index in [1.165, 1.54) is 6.33 Å². The lowest BCUT2D eigenvalue weighted by molar-refractivity contribution is 0.411. The predicted molar refractivity (Wildman–Crippen MR) is 64.8 cm³/mol. The molecule has 2 rings (SSSR count). The monoisotopic (exact) mass is 227 g/mol. The van der Waals surface area contributed by atoms with Crippen molar-refractivity contribution in [3.8, 4) is 23.1 Å². The number of aromatic nitrogens is 2. The third-order valence-corrected chi connectivity index (χ3v) is 2.76. The molecule has 0 aliphatic carbocycles. The van der Waals surface area contributed by atoms with Crippen molar-refractivity contribution in [2.75, 3.05) is 7.11 Å². The molecule has 0 aliphatic heterocycles. The molecule has 0 amide bonds. The van der Waals surface area contributed by atoms with Crippen LogP contribution >= 0.6 is 0 Å². The highest BCUT2D eigenvalue weighted by atomic mass is 16.5. The molecule has 2 aromatic rings. The molecule has 4 nitrogen and oxygen atoms in total. The Morgan fingerprint density at radius 1 is 1.29 bits per heavy atom. The van der Waals surface area contributed by atoms with E-state index in [1.54, 1.807) is 7.11 Å². The highest BCUT2D eigenvalue weighted by Gasteiger charge is 2.12. The summed E-state index contributed by atoms with van der Waals surface area (Å²) in [6.07, 6.45) is 1.53. The van der Waals surface area contributed by atoms with Crippen LogP contribution < -0.4 is 4.74 Å². The average Bonchev–Trinajstić information content (AvgIpc) is 2.79. The van der Waals surface area contributed by atoms with Crippen molar-refractivity contribution in [3.63, 3.8) is 0 Å². The zero-order valence-electron chi connectivity index (χ0n) is 10.0. The Labute approximate surface area is 99.9 Å². The second kappa shape index (κ2) is 4.30. The number of aromatic amines is 1. The summed E-state index contributed by atoms with van der Waals surface area (Å²) >= 11 is 0. The highest BCUT2D eigenvalue weighted by Crippen LogP contribution is 2.30. The quantitative estimate of drug-likeness (QED) is 0.857. The number of rotatable bonds is 2. The maximum Gasteiger partial charge on any atom is 0.166 e. The Hall–Kier alpha value is -2.28. The zero-order valence-corrected chi connectivity index (χ0v) is 10.0. The molecule has 0 unspecified atom stereocenters. The van der Waals surface area contributed by atoms with Gasteiger partial charge in [-0.2, -0.15) is 5.26 Å². The number of H-pyrrole nitrogens is 1. The van der Waals surface area contributed by atoms with Crippen molar-refractivity contribution < 1.29 is 4.74 Å². The molecule has 1 aromatic heterocycles. The fraction of sp³-hybridized carbons (Fsp3) is 0.231. The SMILES string of the molecule is COc1cc(C)c(-c2[nH]cnc2C#N)cc1C. The minimum Gasteiger partial charge on any atom is -0.496 e. The molecule has 0 bridgehead atoms. The van der Waals surface area contributed by atoms with E-state index in [0.29, 0.717) is 5.69 Å². The van der Waals surface area contributed by atoms with Crippen LogP contribution in [-0.2, 0) is 0 Å². The van der Waals surface area contributed by atoms with Gasteiger partial charge in [-0.3, -0.25) is 0 Å². The van der Waals surface area contributed by atoms with Crippen LogP contribution in [0, 0.1) is 25.2 Å². The Morgan fingerprint density at radius 3 is 2.71 bits per heavy atom. The predicted octanol–water partition coefficient (Wildman–Crippen LogP) is 2.57. The van der Waals surface area contributed by atoms with Crippen LogP contribution in [0.1, 0.15) is 16.8 Å². The summed E-state index contributed by atoms with van der Waals surface area (Å²) in [6, 6.07) is 6.04. The lowest BCUT2D eigenvalue weighted by Gasteiger charge is -2.10. The van der Waals surface area contributed by atoms with Crippen LogP contribution in [0.4, 0.5) is 0 Å². The maximum absolute atomic E-state index is 8.97. The Bertz CT molecular complexity index is 593. The van der Waals surface area contributed by atoms with Gasteiger partial charge >= 0.3 is 0 Å². The molecule has 17 heavy (non-hydrogen) atoms. The summed E-state index contributed by atoms with van der Waals surface area (Å²) < 4.78 is 5.26. The van der Waals surface area contributed by atoms with Crippen molar-refractivity contribution in [2.24, 2.45) is 0 Å². The fourth-order valence-electron chi connectivity index (χ4n) is 1.86. The summed E-state index contributed by atoms with van der Waals surface area (Å²) in [5, 5.41) is 8.97. The standard InChI is InChI=1S/C13H13N3O/c1-8-5-12(17-3)9(2)4-10(8)13-11(6-14)15-7-16-13/h4-5,7H,1-3H3,(H,15,16). The van der Waals surface area contributed by atoms with Gasteiger partial charge < -0.3 is 9.72 Å². The van der Waals surface area contributed by atoms with Gasteiger partial charge in [-0.25, -0.2) is 4.98 Å². The van der Waals surface area contributed by atoms with Gasteiger partial charge in [0, 0.05) is 5.56 Å². The van der Waals surface area contributed by atoms with Crippen LogP contribution in [0.2, 0.25) is 0 Å². The fourth-order valence-corrected chi connectivity index (χ4v) is 1.86. The van der Waals surface area contributed by atoms with Gasteiger partial charge in [0.15, 0.2) is 5.69 Å². The summed E-state index contributed by atoms with van der Waals surface area (Å²) in [6.45, 7) is 3.96. The molecule has 4 heteroatoms. The van der Waals surface area contributed by atoms with Crippen LogP contribution in [0.3, 0.4) is 0 Å². The number of hydrogen-bond acceptors (Lipinski definition) is 3. The number of aryl methyl sites for hydroxylation is 2.